The molecule has 0 radical (unpaired) electrons. The third kappa shape index (κ3) is 1.32. The van der Waals surface area contributed by atoms with Crippen LogP contribution in [-0.2, 0) is 19.1 Å². The highest BCUT2D eigenvalue weighted by Crippen LogP contribution is 2.35. The first kappa shape index (κ1) is 10.5. The minimum atomic E-state index is -0.492. The van der Waals surface area contributed by atoms with Crippen LogP contribution in [0.25, 0.3) is 0 Å². The van der Waals surface area contributed by atoms with Crippen molar-refractivity contribution in [3.8, 4) is 0 Å². The van der Waals surface area contributed by atoms with E-state index in [4.69, 9.17) is 0 Å². The maximum atomic E-state index is 11.3. The van der Waals surface area contributed by atoms with E-state index in [1.54, 1.807) is 13.8 Å². The smallest absolute Gasteiger partial charge is 0.339 e. The van der Waals surface area contributed by atoms with Gasteiger partial charge < -0.3 is 9.47 Å². The summed E-state index contributed by atoms with van der Waals surface area (Å²) in [6.07, 6.45) is 0. The van der Waals surface area contributed by atoms with Crippen molar-refractivity contribution in [3.63, 3.8) is 0 Å². The van der Waals surface area contributed by atoms with Crippen molar-refractivity contribution in [1.82, 2.24) is 0 Å². The van der Waals surface area contributed by atoms with Gasteiger partial charge in [0.2, 0.25) is 0 Å². The Bertz CT molecular complexity index is 326. The van der Waals surface area contributed by atoms with Crippen LogP contribution in [0.4, 0.5) is 0 Å². The Hall–Kier alpha value is -1.58. The molecule has 1 rings (SSSR count). The number of carbonyl (C=O) groups is 2. The summed E-state index contributed by atoms with van der Waals surface area (Å²) in [7, 11) is 2.57. The molecule has 1 aliphatic rings. The maximum Gasteiger partial charge on any atom is 0.339 e. The van der Waals surface area contributed by atoms with E-state index in [-0.39, 0.29) is 0 Å². The topological polar surface area (TPSA) is 52.6 Å². The quantitative estimate of drug-likeness (QED) is 0.618. The first-order chi connectivity index (χ1) is 6.54. The van der Waals surface area contributed by atoms with Gasteiger partial charge in [-0.1, -0.05) is 0 Å². The highest BCUT2D eigenvalue weighted by molar-refractivity contribution is 6.10. The number of hydrogen-bond donors (Lipinski definition) is 0. The molecule has 0 spiro atoms. The molecule has 14 heavy (non-hydrogen) atoms. The molecule has 0 saturated carbocycles. The average molecular weight is 196 g/mol. The Kier molecular flexibility index (Phi) is 2.74. The number of hydrogen-bond acceptors (Lipinski definition) is 4. The van der Waals surface area contributed by atoms with Gasteiger partial charge in [-0.05, 0) is 25.0 Å². The van der Waals surface area contributed by atoms with Crippen LogP contribution in [0, 0.1) is 0 Å². The zero-order valence-corrected chi connectivity index (χ0v) is 8.63. The summed E-state index contributed by atoms with van der Waals surface area (Å²) < 4.78 is 9.12. The molecule has 0 bridgehead atoms. The van der Waals surface area contributed by atoms with Gasteiger partial charge in [0.1, 0.15) is 0 Å². The van der Waals surface area contributed by atoms with Crippen molar-refractivity contribution in [1.29, 1.82) is 0 Å². The maximum absolute atomic E-state index is 11.3. The summed E-state index contributed by atoms with van der Waals surface area (Å²) in [5.41, 5.74) is 2.24. The van der Waals surface area contributed by atoms with E-state index in [1.165, 1.54) is 14.2 Å². The molecule has 0 aromatic heterocycles. The van der Waals surface area contributed by atoms with Crippen molar-refractivity contribution in [2.24, 2.45) is 0 Å². The van der Waals surface area contributed by atoms with Crippen LogP contribution in [0.15, 0.2) is 22.3 Å². The van der Waals surface area contributed by atoms with E-state index in [2.05, 4.69) is 9.47 Å². The fraction of sp³-hybridized carbons (Fsp3) is 0.400. The molecule has 0 unspecified atom stereocenters. The fourth-order valence-corrected chi connectivity index (χ4v) is 1.40. The number of esters is 2. The number of ether oxygens (including phenoxy) is 2. The number of carbonyl (C=O) groups excluding carboxylic acids is 2. The van der Waals surface area contributed by atoms with E-state index in [1.807, 2.05) is 0 Å². The Balaban J connectivity index is 3.05. The van der Waals surface area contributed by atoms with Gasteiger partial charge in [-0.15, -0.1) is 0 Å². The molecule has 4 nitrogen and oxygen atoms in total. The van der Waals surface area contributed by atoms with E-state index >= 15 is 0 Å². The Morgan fingerprint density at radius 3 is 1.36 bits per heavy atom. The zero-order valence-electron chi connectivity index (χ0n) is 8.63. The van der Waals surface area contributed by atoms with Crippen LogP contribution in [0.3, 0.4) is 0 Å². The molecule has 0 fully saturated rings. The van der Waals surface area contributed by atoms with Gasteiger partial charge in [0.15, 0.2) is 0 Å². The molecule has 0 amide bonds. The van der Waals surface area contributed by atoms with Crippen LogP contribution >= 0.6 is 0 Å². The molecule has 0 N–H and O–H groups in total. The minimum Gasteiger partial charge on any atom is -0.465 e. The minimum absolute atomic E-state index is 0.330. The van der Waals surface area contributed by atoms with Gasteiger partial charge >= 0.3 is 11.9 Å². The van der Waals surface area contributed by atoms with Gasteiger partial charge in [-0.25, -0.2) is 9.59 Å². The first-order valence-electron chi connectivity index (χ1n) is 4.13. The van der Waals surface area contributed by atoms with E-state index < -0.39 is 11.9 Å². The predicted molar refractivity (Wildman–Crippen MR) is 49.4 cm³/mol. The van der Waals surface area contributed by atoms with Crippen molar-refractivity contribution in [2.75, 3.05) is 14.2 Å². The zero-order chi connectivity index (χ0) is 10.9. The second-order valence-corrected chi connectivity index (χ2v) is 2.98. The molecule has 0 aromatic rings. The number of methoxy groups -OCH3 is 2. The third-order valence-corrected chi connectivity index (χ3v) is 2.34. The molecular weight excluding hydrogens is 184 g/mol. The lowest BCUT2D eigenvalue weighted by atomic mass is 9.82. The van der Waals surface area contributed by atoms with Gasteiger partial charge in [-0.3, -0.25) is 0 Å². The van der Waals surface area contributed by atoms with E-state index in [0.29, 0.717) is 11.1 Å². The third-order valence-electron chi connectivity index (χ3n) is 2.34. The van der Waals surface area contributed by atoms with Crippen LogP contribution in [0.5, 0.6) is 0 Å². The van der Waals surface area contributed by atoms with Crippen molar-refractivity contribution in [2.45, 2.75) is 13.8 Å². The van der Waals surface area contributed by atoms with Crippen molar-refractivity contribution >= 4 is 11.9 Å². The molecule has 0 atom stereocenters. The van der Waals surface area contributed by atoms with Crippen LogP contribution in [0.1, 0.15) is 13.8 Å². The molecule has 4 heteroatoms. The molecule has 0 saturated heterocycles. The molecular formula is C10H12O4. The van der Waals surface area contributed by atoms with Crippen LogP contribution in [-0.4, -0.2) is 26.2 Å². The van der Waals surface area contributed by atoms with E-state index in [9.17, 15) is 9.59 Å². The molecule has 76 valence electrons. The van der Waals surface area contributed by atoms with Crippen molar-refractivity contribution < 1.29 is 19.1 Å². The van der Waals surface area contributed by atoms with Crippen LogP contribution < -0.4 is 0 Å². The van der Waals surface area contributed by atoms with Gasteiger partial charge in [-0.2, -0.15) is 0 Å². The molecule has 0 heterocycles. The standard InChI is InChI=1S/C10H12O4/c1-5-6(2)8(10(12)14-4)7(5)9(11)13-3/h1-4H3. The first-order valence-corrected chi connectivity index (χ1v) is 4.13. The fourth-order valence-electron chi connectivity index (χ4n) is 1.40. The summed E-state index contributed by atoms with van der Waals surface area (Å²) in [5.74, 6) is -0.984. The lowest BCUT2D eigenvalue weighted by molar-refractivity contribution is -0.139. The summed E-state index contributed by atoms with van der Waals surface area (Å²) >= 11 is 0. The summed E-state index contributed by atoms with van der Waals surface area (Å²) in [4.78, 5) is 22.5. The molecule has 0 aromatic carbocycles. The average Bonchev–Trinajstić information content (AvgIpc) is 2.22. The van der Waals surface area contributed by atoms with Gasteiger partial charge in [0.05, 0.1) is 25.4 Å². The van der Waals surface area contributed by atoms with Crippen LogP contribution in [0.2, 0.25) is 0 Å². The SMILES string of the molecule is COC(=O)C1=C(C(=O)OC)C(C)=C1C. The Morgan fingerprint density at radius 1 is 0.857 bits per heavy atom. The second kappa shape index (κ2) is 3.65. The molecule has 0 aliphatic heterocycles. The lowest BCUT2D eigenvalue weighted by Crippen LogP contribution is -2.23. The van der Waals surface area contributed by atoms with Crippen molar-refractivity contribution in [3.05, 3.63) is 22.3 Å². The van der Waals surface area contributed by atoms with E-state index in [0.717, 1.165) is 11.1 Å². The summed E-state index contributed by atoms with van der Waals surface area (Å²) in [6.45, 7) is 3.54. The largest absolute Gasteiger partial charge is 0.465 e. The normalized spacial score (nSPS) is 15.1. The number of rotatable bonds is 2. The van der Waals surface area contributed by atoms with Gasteiger partial charge in [0.25, 0.3) is 0 Å². The summed E-state index contributed by atoms with van der Waals surface area (Å²) in [5, 5.41) is 0. The highest BCUT2D eigenvalue weighted by Gasteiger charge is 2.33. The Morgan fingerprint density at radius 2 is 1.14 bits per heavy atom. The van der Waals surface area contributed by atoms with Gasteiger partial charge in [0, 0.05) is 0 Å². The lowest BCUT2D eigenvalue weighted by Gasteiger charge is -2.23. The summed E-state index contributed by atoms with van der Waals surface area (Å²) in [6, 6.07) is 0. The predicted octanol–water partition coefficient (Wildman–Crippen LogP) is 0.979. The Labute approximate surface area is 82.2 Å². The monoisotopic (exact) mass is 196 g/mol. The second-order valence-electron chi connectivity index (χ2n) is 2.98. The highest BCUT2D eigenvalue weighted by atomic mass is 16.5. The molecule has 1 aliphatic carbocycles.